The third-order valence-electron chi connectivity index (χ3n) is 1.89. The standard InChI is InChI=1S/C8H17NO/c1-7(3-2-6-10)9-8-4-5-8/h7-10H,2-6H2,1H3. The van der Waals surface area contributed by atoms with Gasteiger partial charge in [0.15, 0.2) is 0 Å². The predicted molar refractivity (Wildman–Crippen MR) is 41.9 cm³/mol. The van der Waals surface area contributed by atoms with Gasteiger partial charge in [0.1, 0.15) is 0 Å². The van der Waals surface area contributed by atoms with Gasteiger partial charge >= 0.3 is 0 Å². The topological polar surface area (TPSA) is 32.3 Å². The minimum atomic E-state index is 0.330. The fourth-order valence-electron chi connectivity index (χ4n) is 1.13. The Morgan fingerprint density at radius 3 is 2.80 bits per heavy atom. The van der Waals surface area contributed by atoms with Gasteiger partial charge in [-0.15, -0.1) is 0 Å². The van der Waals surface area contributed by atoms with E-state index in [4.69, 9.17) is 5.11 Å². The fraction of sp³-hybridized carbons (Fsp3) is 1.00. The molecule has 0 aromatic heterocycles. The second-order valence-corrected chi connectivity index (χ2v) is 3.21. The van der Waals surface area contributed by atoms with E-state index >= 15 is 0 Å². The van der Waals surface area contributed by atoms with Crippen molar-refractivity contribution >= 4 is 0 Å². The van der Waals surface area contributed by atoms with E-state index in [2.05, 4.69) is 12.2 Å². The molecule has 0 bridgehead atoms. The fourth-order valence-corrected chi connectivity index (χ4v) is 1.13. The average molecular weight is 143 g/mol. The van der Waals surface area contributed by atoms with Gasteiger partial charge < -0.3 is 10.4 Å². The van der Waals surface area contributed by atoms with Gasteiger partial charge in [-0.1, -0.05) is 0 Å². The summed E-state index contributed by atoms with van der Waals surface area (Å²) < 4.78 is 0. The number of nitrogens with one attached hydrogen (secondary N) is 1. The van der Waals surface area contributed by atoms with Crippen molar-refractivity contribution in [2.24, 2.45) is 0 Å². The molecule has 1 rings (SSSR count). The van der Waals surface area contributed by atoms with Gasteiger partial charge in [0.25, 0.3) is 0 Å². The van der Waals surface area contributed by atoms with Crippen LogP contribution in [-0.4, -0.2) is 23.8 Å². The highest BCUT2D eigenvalue weighted by molar-refractivity contribution is 4.83. The second-order valence-electron chi connectivity index (χ2n) is 3.21. The van der Waals surface area contributed by atoms with Crippen LogP contribution in [0.25, 0.3) is 0 Å². The van der Waals surface area contributed by atoms with Crippen LogP contribution in [0, 0.1) is 0 Å². The zero-order valence-corrected chi connectivity index (χ0v) is 6.64. The van der Waals surface area contributed by atoms with E-state index in [9.17, 15) is 0 Å². The molecular weight excluding hydrogens is 126 g/mol. The quantitative estimate of drug-likeness (QED) is 0.599. The Labute approximate surface area is 62.6 Å². The summed E-state index contributed by atoms with van der Waals surface area (Å²) in [6, 6.07) is 1.40. The molecule has 2 N–H and O–H groups in total. The van der Waals surface area contributed by atoms with Crippen LogP contribution >= 0.6 is 0 Å². The maximum Gasteiger partial charge on any atom is 0.0431 e. The molecule has 0 aliphatic heterocycles. The summed E-state index contributed by atoms with van der Waals surface area (Å²) in [5, 5.41) is 12.0. The molecule has 2 nitrogen and oxygen atoms in total. The van der Waals surface area contributed by atoms with E-state index in [0.29, 0.717) is 12.6 Å². The second kappa shape index (κ2) is 3.94. The molecular formula is C8H17NO. The molecule has 1 saturated carbocycles. The normalized spacial score (nSPS) is 21.0. The van der Waals surface area contributed by atoms with Crippen LogP contribution < -0.4 is 5.32 Å². The molecule has 0 spiro atoms. The van der Waals surface area contributed by atoms with E-state index in [1.165, 1.54) is 12.8 Å². The third-order valence-corrected chi connectivity index (χ3v) is 1.89. The number of hydrogen-bond acceptors (Lipinski definition) is 2. The van der Waals surface area contributed by atoms with E-state index in [1.807, 2.05) is 0 Å². The van der Waals surface area contributed by atoms with Crippen LogP contribution in [0.1, 0.15) is 32.6 Å². The van der Waals surface area contributed by atoms with E-state index in [1.54, 1.807) is 0 Å². The molecule has 1 atom stereocenters. The highest BCUT2D eigenvalue weighted by Gasteiger charge is 2.22. The largest absolute Gasteiger partial charge is 0.396 e. The Hall–Kier alpha value is -0.0800. The minimum Gasteiger partial charge on any atom is -0.396 e. The molecule has 0 amide bonds. The van der Waals surface area contributed by atoms with Crippen LogP contribution in [0.2, 0.25) is 0 Å². The first-order chi connectivity index (χ1) is 4.83. The highest BCUT2D eigenvalue weighted by atomic mass is 16.2. The Morgan fingerprint density at radius 1 is 1.60 bits per heavy atom. The minimum absolute atomic E-state index is 0.330. The molecule has 1 fully saturated rings. The third kappa shape index (κ3) is 3.18. The van der Waals surface area contributed by atoms with Crippen LogP contribution in [0.15, 0.2) is 0 Å². The number of hydrogen-bond donors (Lipinski definition) is 2. The summed E-state index contributed by atoms with van der Waals surface area (Å²) in [7, 11) is 0. The average Bonchev–Trinajstić information content (AvgIpc) is 2.67. The summed E-state index contributed by atoms with van der Waals surface area (Å²) in [6.45, 7) is 2.52. The van der Waals surface area contributed by atoms with Crippen molar-refractivity contribution in [3.8, 4) is 0 Å². The Kier molecular flexibility index (Phi) is 3.16. The van der Waals surface area contributed by atoms with Crippen LogP contribution in [0.4, 0.5) is 0 Å². The smallest absolute Gasteiger partial charge is 0.0431 e. The van der Waals surface area contributed by atoms with Crippen molar-refractivity contribution < 1.29 is 5.11 Å². The summed E-state index contributed by atoms with van der Waals surface area (Å²) in [6.07, 6.45) is 4.74. The molecule has 0 saturated heterocycles. The summed E-state index contributed by atoms with van der Waals surface area (Å²) in [4.78, 5) is 0. The van der Waals surface area contributed by atoms with Crippen molar-refractivity contribution in [2.75, 3.05) is 6.61 Å². The first kappa shape index (κ1) is 8.02. The first-order valence-corrected chi connectivity index (χ1v) is 4.20. The van der Waals surface area contributed by atoms with Crippen LogP contribution in [-0.2, 0) is 0 Å². The Morgan fingerprint density at radius 2 is 2.30 bits per heavy atom. The zero-order valence-electron chi connectivity index (χ0n) is 6.64. The lowest BCUT2D eigenvalue weighted by molar-refractivity contribution is 0.276. The van der Waals surface area contributed by atoms with E-state index < -0.39 is 0 Å². The number of aliphatic hydroxyl groups is 1. The molecule has 0 aromatic carbocycles. The number of rotatable bonds is 5. The molecule has 1 aliphatic rings. The first-order valence-electron chi connectivity index (χ1n) is 4.20. The lowest BCUT2D eigenvalue weighted by Crippen LogP contribution is -2.27. The summed E-state index contributed by atoms with van der Waals surface area (Å²) >= 11 is 0. The van der Waals surface area contributed by atoms with Gasteiger partial charge in [-0.25, -0.2) is 0 Å². The van der Waals surface area contributed by atoms with Gasteiger partial charge in [0, 0.05) is 18.7 Å². The Balaban J connectivity index is 1.91. The van der Waals surface area contributed by atoms with Gasteiger partial charge in [-0.2, -0.15) is 0 Å². The molecule has 1 aliphatic carbocycles. The van der Waals surface area contributed by atoms with Crippen molar-refractivity contribution in [1.82, 2.24) is 5.32 Å². The summed E-state index contributed by atoms with van der Waals surface area (Å²) in [5.74, 6) is 0. The highest BCUT2D eigenvalue weighted by Crippen LogP contribution is 2.19. The molecule has 60 valence electrons. The predicted octanol–water partition coefficient (Wildman–Crippen LogP) is 0.899. The molecule has 0 radical (unpaired) electrons. The monoisotopic (exact) mass is 143 g/mol. The van der Waals surface area contributed by atoms with Gasteiger partial charge in [-0.3, -0.25) is 0 Å². The number of aliphatic hydroxyl groups excluding tert-OH is 1. The lowest BCUT2D eigenvalue weighted by Gasteiger charge is -2.11. The van der Waals surface area contributed by atoms with Crippen molar-refractivity contribution in [1.29, 1.82) is 0 Å². The van der Waals surface area contributed by atoms with E-state index in [-0.39, 0.29) is 0 Å². The summed E-state index contributed by atoms with van der Waals surface area (Å²) in [5.41, 5.74) is 0. The van der Waals surface area contributed by atoms with E-state index in [0.717, 1.165) is 18.9 Å². The molecule has 0 heterocycles. The van der Waals surface area contributed by atoms with Crippen molar-refractivity contribution in [3.05, 3.63) is 0 Å². The lowest BCUT2D eigenvalue weighted by atomic mass is 10.2. The van der Waals surface area contributed by atoms with Crippen LogP contribution in [0.5, 0.6) is 0 Å². The van der Waals surface area contributed by atoms with Gasteiger partial charge in [0.05, 0.1) is 0 Å². The van der Waals surface area contributed by atoms with Gasteiger partial charge in [-0.05, 0) is 32.6 Å². The molecule has 10 heavy (non-hydrogen) atoms. The zero-order chi connectivity index (χ0) is 7.40. The molecule has 0 aromatic rings. The SMILES string of the molecule is CC(CCCO)NC1CC1. The maximum absolute atomic E-state index is 8.54. The van der Waals surface area contributed by atoms with Crippen LogP contribution in [0.3, 0.4) is 0 Å². The molecule has 2 heteroatoms. The van der Waals surface area contributed by atoms with Crippen molar-refractivity contribution in [3.63, 3.8) is 0 Å². The Bertz CT molecular complexity index is 91.3. The van der Waals surface area contributed by atoms with Gasteiger partial charge in [0.2, 0.25) is 0 Å². The molecule has 1 unspecified atom stereocenters. The maximum atomic E-state index is 8.54. The van der Waals surface area contributed by atoms with Crippen molar-refractivity contribution in [2.45, 2.75) is 44.7 Å².